The summed E-state index contributed by atoms with van der Waals surface area (Å²) >= 11 is 6.18. The second-order valence-electron chi connectivity index (χ2n) is 6.76. The molecule has 0 aliphatic rings. The number of imidazole rings is 1. The van der Waals surface area contributed by atoms with Crippen molar-refractivity contribution in [3.05, 3.63) is 61.5 Å². The Bertz CT molecular complexity index is 1160. The largest absolute Gasteiger partial charge is 0.340 e. The van der Waals surface area contributed by atoms with Crippen LogP contribution in [-0.2, 0) is 38.4 Å². The van der Waals surface area contributed by atoms with E-state index in [9.17, 15) is 14.4 Å². The van der Waals surface area contributed by atoms with Crippen LogP contribution >= 0.6 is 11.6 Å². The first-order valence-electron chi connectivity index (χ1n) is 8.88. The van der Waals surface area contributed by atoms with Crippen molar-refractivity contribution in [1.82, 2.24) is 23.6 Å². The fourth-order valence-electron chi connectivity index (χ4n) is 3.06. The number of carbonyl (C=O) groups is 1. The van der Waals surface area contributed by atoms with E-state index in [0.29, 0.717) is 6.54 Å². The molecule has 0 spiro atoms. The number of hydrogen-bond donors (Lipinski definition) is 0. The minimum atomic E-state index is -0.539. The van der Waals surface area contributed by atoms with Gasteiger partial charge in [0.25, 0.3) is 5.56 Å². The van der Waals surface area contributed by atoms with E-state index in [4.69, 9.17) is 11.6 Å². The number of benzene rings is 1. The molecule has 2 aromatic heterocycles. The average molecular weight is 404 g/mol. The van der Waals surface area contributed by atoms with Gasteiger partial charge in [-0.1, -0.05) is 31.2 Å². The molecule has 28 heavy (non-hydrogen) atoms. The fourth-order valence-corrected chi connectivity index (χ4v) is 3.29. The predicted molar refractivity (Wildman–Crippen MR) is 108 cm³/mol. The monoisotopic (exact) mass is 403 g/mol. The van der Waals surface area contributed by atoms with Crippen LogP contribution in [0.1, 0.15) is 18.1 Å². The maximum absolute atomic E-state index is 12.7. The highest BCUT2D eigenvalue weighted by Crippen LogP contribution is 2.16. The Morgan fingerprint density at radius 2 is 1.71 bits per heavy atom. The van der Waals surface area contributed by atoms with Crippen molar-refractivity contribution >= 4 is 28.7 Å². The highest BCUT2D eigenvalue weighted by molar-refractivity contribution is 6.29. The van der Waals surface area contributed by atoms with Crippen LogP contribution in [0.2, 0.25) is 5.28 Å². The number of aromatic nitrogens is 4. The molecule has 3 aromatic rings. The second kappa shape index (κ2) is 7.63. The molecule has 1 amide bonds. The number of nitrogens with zero attached hydrogens (tertiary/aromatic N) is 5. The normalized spacial score (nSPS) is 11.2. The van der Waals surface area contributed by atoms with Crippen molar-refractivity contribution in [3.8, 4) is 0 Å². The smallest absolute Gasteiger partial charge is 0.332 e. The summed E-state index contributed by atoms with van der Waals surface area (Å²) < 4.78 is 3.56. The van der Waals surface area contributed by atoms with E-state index in [1.807, 2.05) is 24.3 Å². The molecule has 148 valence electrons. The molecule has 0 bridgehead atoms. The van der Waals surface area contributed by atoms with Gasteiger partial charge in [0.05, 0.1) is 0 Å². The van der Waals surface area contributed by atoms with E-state index in [-0.39, 0.29) is 28.9 Å². The van der Waals surface area contributed by atoms with Gasteiger partial charge in [-0.15, -0.1) is 0 Å². The van der Waals surface area contributed by atoms with E-state index >= 15 is 0 Å². The average Bonchev–Trinajstić information content (AvgIpc) is 3.01. The van der Waals surface area contributed by atoms with Crippen molar-refractivity contribution in [1.29, 1.82) is 0 Å². The lowest BCUT2D eigenvalue weighted by Gasteiger charge is -2.18. The number of aryl methyl sites for hydroxylation is 2. The Balaban J connectivity index is 1.89. The molecule has 9 heteroatoms. The summed E-state index contributed by atoms with van der Waals surface area (Å²) in [5, 5.41) is -0.0117. The zero-order chi connectivity index (χ0) is 20.6. The molecular weight excluding hydrogens is 382 g/mol. The number of fused-ring (bicyclic) bond motifs is 1. The number of amides is 1. The van der Waals surface area contributed by atoms with Crippen molar-refractivity contribution in [3.63, 3.8) is 0 Å². The number of hydrogen-bond acceptors (Lipinski definition) is 4. The Labute approximate surface area is 166 Å². The van der Waals surface area contributed by atoms with E-state index in [1.54, 1.807) is 11.9 Å². The molecule has 0 aliphatic heterocycles. The molecular formula is C19H22ClN5O3. The highest BCUT2D eigenvalue weighted by atomic mass is 35.5. The first kappa shape index (κ1) is 19.9. The summed E-state index contributed by atoms with van der Waals surface area (Å²) in [6.45, 7) is 2.37. The number of carbonyl (C=O) groups excluding carboxylic acids is 1. The second-order valence-corrected chi connectivity index (χ2v) is 7.10. The molecule has 0 fully saturated rings. The molecule has 0 radical (unpaired) electrons. The van der Waals surface area contributed by atoms with Gasteiger partial charge in [0.1, 0.15) is 6.54 Å². The van der Waals surface area contributed by atoms with Crippen molar-refractivity contribution in [2.75, 3.05) is 7.05 Å². The lowest BCUT2D eigenvalue weighted by molar-refractivity contribution is -0.131. The van der Waals surface area contributed by atoms with Gasteiger partial charge in [0.2, 0.25) is 11.2 Å². The zero-order valence-electron chi connectivity index (χ0n) is 16.3. The minimum absolute atomic E-state index is 0.0117. The summed E-state index contributed by atoms with van der Waals surface area (Å²) in [4.78, 5) is 43.0. The third-order valence-corrected chi connectivity index (χ3v) is 5.16. The molecule has 0 N–H and O–H groups in total. The van der Waals surface area contributed by atoms with Crippen molar-refractivity contribution in [2.45, 2.75) is 26.4 Å². The van der Waals surface area contributed by atoms with Crippen LogP contribution in [0.15, 0.2) is 33.9 Å². The van der Waals surface area contributed by atoms with Crippen LogP contribution in [-0.4, -0.2) is 36.5 Å². The van der Waals surface area contributed by atoms with Gasteiger partial charge in [-0.3, -0.25) is 23.3 Å². The van der Waals surface area contributed by atoms with Crippen molar-refractivity contribution in [2.24, 2.45) is 14.1 Å². The fraction of sp³-hybridized carbons (Fsp3) is 0.368. The molecule has 0 atom stereocenters. The summed E-state index contributed by atoms with van der Waals surface area (Å²) in [5.74, 6) is -0.225. The van der Waals surface area contributed by atoms with E-state index in [2.05, 4.69) is 11.9 Å². The van der Waals surface area contributed by atoms with Gasteiger partial charge in [-0.25, -0.2) is 4.79 Å². The van der Waals surface area contributed by atoms with Crippen LogP contribution in [0.25, 0.3) is 11.2 Å². The molecule has 0 saturated heterocycles. The SMILES string of the molecule is CCc1ccc(CN(C)C(=O)Cn2c(Cl)nc3c2c(=O)n(C)c(=O)n3C)cc1. The number of halogens is 1. The van der Waals surface area contributed by atoms with Crippen LogP contribution in [0, 0.1) is 0 Å². The quantitative estimate of drug-likeness (QED) is 0.601. The summed E-state index contributed by atoms with van der Waals surface area (Å²) in [6, 6.07) is 8.07. The lowest BCUT2D eigenvalue weighted by atomic mass is 10.1. The standard InChI is InChI=1S/C19H22ClN5O3/c1-5-12-6-8-13(9-7-12)10-22(2)14(26)11-25-15-16(21-18(25)20)23(3)19(28)24(4)17(15)27/h6-9H,5,10-11H2,1-4H3. The van der Waals surface area contributed by atoms with Gasteiger partial charge in [0, 0.05) is 27.7 Å². The zero-order valence-corrected chi connectivity index (χ0v) is 17.0. The van der Waals surface area contributed by atoms with E-state index in [1.165, 1.54) is 28.8 Å². The summed E-state index contributed by atoms with van der Waals surface area (Å²) in [6.07, 6.45) is 0.957. The first-order chi connectivity index (χ1) is 13.2. The van der Waals surface area contributed by atoms with Crippen LogP contribution in [0.5, 0.6) is 0 Å². The third kappa shape index (κ3) is 3.47. The molecule has 3 rings (SSSR count). The summed E-state index contributed by atoms with van der Waals surface area (Å²) in [7, 11) is 4.58. The van der Waals surface area contributed by atoms with Gasteiger partial charge in [-0.2, -0.15) is 4.98 Å². The maximum Gasteiger partial charge on any atom is 0.332 e. The van der Waals surface area contributed by atoms with Gasteiger partial charge in [0.15, 0.2) is 11.2 Å². The minimum Gasteiger partial charge on any atom is -0.340 e. The Hall–Kier alpha value is -2.87. The molecule has 1 aromatic carbocycles. The summed E-state index contributed by atoms with van der Waals surface area (Å²) in [5.41, 5.74) is 1.48. The Morgan fingerprint density at radius 3 is 2.32 bits per heavy atom. The van der Waals surface area contributed by atoms with Gasteiger partial charge >= 0.3 is 5.69 Å². The maximum atomic E-state index is 12.7. The molecule has 0 saturated carbocycles. The lowest BCUT2D eigenvalue weighted by Crippen LogP contribution is -2.38. The highest BCUT2D eigenvalue weighted by Gasteiger charge is 2.21. The van der Waals surface area contributed by atoms with E-state index in [0.717, 1.165) is 16.6 Å². The Kier molecular flexibility index (Phi) is 5.42. The number of likely N-dealkylation sites (N-methyl/N-ethyl adjacent to an activating group) is 1. The van der Waals surface area contributed by atoms with Crippen LogP contribution in [0.3, 0.4) is 0 Å². The number of rotatable bonds is 5. The molecule has 2 heterocycles. The third-order valence-electron chi connectivity index (χ3n) is 4.87. The van der Waals surface area contributed by atoms with E-state index < -0.39 is 11.2 Å². The topological polar surface area (TPSA) is 82.1 Å². The van der Waals surface area contributed by atoms with Crippen LogP contribution in [0.4, 0.5) is 0 Å². The van der Waals surface area contributed by atoms with Gasteiger partial charge < -0.3 is 4.90 Å². The Morgan fingerprint density at radius 1 is 1.11 bits per heavy atom. The first-order valence-corrected chi connectivity index (χ1v) is 9.26. The predicted octanol–water partition coefficient (Wildman–Crippen LogP) is 1.31. The molecule has 0 aliphatic carbocycles. The van der Waals surface area contributed by atoms with Crippen molar-refractivity contribution < 1.29 is 4.79 Å². The van der Waals surface area contributed by atoms with Crippen LogP contribution < -0.4 is 11.2 Å². The molecule has 8 nitrogen and oxygen atoms in total. The molecule has 0 unspecified atom stereocenters. The van der Waals surface area contributed by atoms with Gasteiger partial charge in [-0.05, 0) is 29.1 Å².